The van der Waals surface area contributed by atoms with Gasteiger partial charge in [-0.25, -0.2) is 0 Å². The van der Waals surface area contributed by atoms with Gasteiger partial charge in [-0.05, 0) is 59.4 Å². The number of ether oxygens (including phenoxy) is 1. The van der Waals surface area contributed by atoms with Crippen molar-refractivity contribution >= 4 is 58.2 Å². The van der Waals surface area contributed by atoms with E-state index >= 15 is 0 Å². The fraction of sp³-hybridized carbons (Fsp3) is 0.381. The molecule has 0 aromatic heterocycles. The first-order chi connectivity index (χ1) is 25.7. The lowest BCUT2D eigenvalue weighted by molar-refractivity contribution is -0.141. The van der Waals surface area contributed by atoms with Gasteiger partial charge >= 0.3 is 0 Å². The third-order valence-corrected chi connectivity index (χ3v) is 11.7. The van der Waals surface area contributed by atoms with Crippen molar-refractivity contribution < 1.29 is 14.3 Å². The highest BCUT2D eigenvalue weighted by Gasteiger charge is 2.30. The molecule has 2 saturated heterocycles. The summed E-state index contributed by atoms with van der Waals surface area (Å²) in [6.45, 7) is 7.59. The van der Waals surface area contributed by atoms with Crippen LogP contribution in [0.15, 0.2) is 97.1 Å². The highest BCUT2D eigenvalue weighted by atomic mass is 35.5. The maximum absolute atomic E-state index is 13.8. The number of halogens is 4. The van der Waals surface area contributed by atoms with E-state index in [1.54, 1.807) is 0 Å². The third kappa shape index (κ3) is 11.4. The zero-order valence-corrected chi connectivity index (χ0v) is 32.8. The molecule has 2 aliphatic rings. The Labute approximate surface area is 333 Å². The van der Waals surface area contributed by atoms with Crippen LogP contribution in [-0.2, 0) is 27.2 Å². The molecule has 0 saturated carbocycles. The summed E-state index contributed by atoms with van der Waals surface area (Å²) in [4.78, 5) is 36.3. The predicted molar refractivity (Wildman–Crippen MR) is 215 cm³/mol. The second-order valence-corrected chi connectivity index (χ2v) is 15.4. The molecule has 280 valence electrons. The van der Waals surface area contributed by atoms with Crippen molar-refractivity contribution in [3.63, 3.8) is 0 Å². The standard InChI is InChI=1S/C42H46Cl4N4O3/c43-35-13-11-31(27-37(35)45)15-17-47-19-23-49(24-20-47)41(51)29-39(33-7-3-1-4-8-33)53-40(34-9-5-2-6-10-34)30-42(52)50-25-21-48(22-26-50)18-16-32-12-14-36(44)38(46)28-32/h1-14,27-28,39-40H,15-26,29-30H2. The third-order valence-electron chi connectivity index (χ3n) is 10.2. The minimum Gasteiger partial charge on any atom is -0.365 e. The molecule has 4 aromatic rings. The molecule has 0 N–H and O–H groups in total. The van der Waals surface area contributed by atoms with E-state index in [2.05, 4.69) is 9.80 Å². The molecular weight excluding hydrogens is 750 g/mol. The van der Waals surface area contributed by atoms with Crippen molar-refractivity contribution in [1.82, 2.24) is 19.6 Å². The Balaban J connectivity index is 1.05. The summed E-state index contributed by atoms with van der Waals surface area (Å²) in [6.07, 6.45) is 1.11. The summed E-state index contributed by atoms with van der Waals surface area (Å²) in [5, 5.41) is 2.26. The number of piperazine rings is 2. The Morgan fingerprint density at radius 1 is 0.509 bits per heavy atom. The van der Waals surface area contributed by atoms with Gasteiger partial charge in [-0.15, -0.1) is 0 Å². The zero-order chi connectivity index (χ0) is 37.2. The second kappa shape index (κ2) is 19.4. The first-order valence-corrected chi connectivity index (χ1v) is 19.9. The molecule has 0 bridgehead atoms. The monoisotopic (exact) mass is 794 g/mol. The van der Waals surface area contributed by atoms with E-state index in [1.165, 1.54) is 0 Å². The van der Waals surface area contributed by atoms with Gasteiger partial charge in [0.05, 0.1) is 45.1 Å². The first kappa shape index (κ1) is 39.6. The van der Waals surface area contributed by atoms with E-state index in [4.69, 9.17) is 51.1 Å². The molecule has 4 aromatic carbocycles. The predicted octanol–water partition coefficient (Wildman–Crippen LogP) is 8.65. The zero-order valence-electron chi connectivity index (χ0n) is 29.8. The summed E-state index contributed by atoms with van der Waals surface area (Å²) < 4.78 is 6.84. The molecule has 0 spiro atoms. The van der Waals surface area contributed by atoms with Gasteiger partial charge in [-0.3, -0.25) is 19.4 Å². The lowest BCUT2D eigenvalue weighted by Gasteiger charge is -2.36. The first-order valence-electron chi connectivity index (χ1n) is 18.4. The fourth-order valence-electron chi connectivity index (χ4n) is 7.00. The van der Waals surface area contributed by atoms with E-state index in [1.807, 2.05) is 107 Å². The van der Waals surface area contributed by atoms with E-state index < -0.39 is 12.2 Å². The molecular formula is C42H46Cl4N4O3. The van der Waals surface area contributed by atoms with Crippen LogP contribution in [0.3, 0.4) is 0 Å². The minimum atomic E-state index is -0.507. The molecule has 0 radical (unpaired) electrons. The normalized spacial score (nSPS) is 16.8. The summed E-state index contributed by atoms with van der Waals surface area (Å²) in [5.41, 5.74) is 4.13. The number of rotatable bonds is 14. The number of amides is 2. The Bertz CT molecular complexity index is 1670. The van der Waals surface area contributed by atoms with Crippen LogP contribution in [0.2, 0.25) is 20.1 Å². The van der Waals surface area contributed by atoms with Crippen LogP contribution in [0, 0.1) is 0 Å². The fourth-order valence-corrected chi connectivity index (χ4v) is 7.65. The number of nitrogens with zero attached hydrogens (tertiary/aromatic N) is 4. The maximum atomic E-state index is 13.8. The van der Waals surface area contributed by atoms with E-state index in [-0.39, 0.29) is 24.7 Å². The molecule has 2 unspecified atom stereocenters. The van der Waals surface area contributed by atoms with Crippen LogP contribution in [0.1, 0.15) is 47.3 Å². The minimum absolute atomic E-state index is 0.0538. The van der Waals surface area contributed by atoms with Crippen LogP contribution < -0.4 is 0 Å². The Morgan fingerprint density at radius 2 is 0.887 bits per heavy atom. The number of carbonyl (C=O) groups is 2. The van der Waals surface area contributed by atoms with Gasteiger partial charge in [-0.2, -0.15) is 0 Å². The quantitative estimate of drug-likeness (QED) is 0.128. The average Bonchev–Trinajstić information content (AvgIpc) is 3.19. The van der Waals surface area contributed by atoms with Crippen molar-refractivity contribution in [1.29, 1.82) is 0 Å². The molecule has 2 fully saturated rings. The van der Waals surface area contributed by atoms with Crippen molar-refractivity contribution in [3.8, 4) is 0 Å². The molecule has 2 amide bonds. The van der Waals surface area contributed by atoms with Crippen LogP contribution in [-0.4, -0.2) is 96.9 Å². The molecule has 6 rings (SSSR count). The van der Waals surface area contributed by atoms with Gasteiger partial charge in [0.15, 0.2) is 0 Å². The number of carbonyl (C=O) groups excluding carboxylic acids is 2. The van der Waals surface area contributed by atoms with Gasteiger partial charge < -0.3 is 14.5 Å². The molecule has 7 nitrogen and oxygen atoms in total. The Hall–Kier alpha value is -3.14. The smallest absolute Gasteiger partial charge is 0.225 e. The van der Waals surface area contributed by atoms with Gasteiger partial charge in [0.25, 0.3) is 0 Å². The summed E-state index contributed by atoms with van der Waals surface area (Å²) in [7, 11) is 0. The summed E-state index contributed by atoms with van der Waals surface area (Å²) in [5.74, 6) is 0.108. The van der Waals surface area contributed by atoms with Crippen LogP contribution in [0.4, 0.5) is 0 Å². The molecule has 11 heteroatoms. The van der Waals surface area contributed by atoms with E-state index in [0.717, 1.165) is 74.4 Å². The molecule has 2 aliphatic heterocycles. The summed E-state index contributed by atoms with van der Waals surface area (Å²) in [6, 6.07) is 31.3. The molecule has 2 atom stereocenters. The van der Waals surface area contributed by atoms with Gasteiger partial charge in [0.1, 0.15) is 0 Å². The molecule has 0 aliphatic carbocycles. The highest BCUT2D eigenvalue weighted by molar-refractivity contribution is 6.42. The molecule has 53 heavy (non-hydrogen) atoms. The average molecular weight is 797 g/mol. The van der Waals surface area contributed by atoms with Gasteiger partial charge in [0, 0.05) is 65.4 Å². The van der Waals surface area contributed by atoms with E-state index in [0.29, 0.717) is 46.3 Å². The van der Waals surface area contributed by atoms with Crippen molar-refractivity contribution in [2.45, 2.75) is 37.9 Å². The highest BCUT2D eigenvalue weighted by Crippen LogP contribution is 2.33. The number of benzene rings is 4. The van der Waals surface area contributed by atoms with E-state index in [9.17, 15) is 9.59 Å². The Morgan fingerprint density at radius 3 is 1.25 bits per heavy atom. The van der Waals surface area contributed by atoms with Crippen LogP contribution >= 0.6 is 46.4 Å². The van der Waals surface area contributed by atoms with Gasteiger partial charge in [-0.1, -0.05) is 119 Å². The van der Waals surface area contributed by atoms with Crippen molar-refractivity contribution in [2.75, 3.05) is 65.4 Å². The van der Waals surface area contributed by atoms with Crippen molar-refractivity contribution in [2.24, 2.45) is 0 Å². The summed E-state index contributed by atoms with van der Waals surface area (Å²) >= 11 is 24.6. The largest absolute Gasteiger partial charge is 0.365 e. The van der Waals surface area contributed by atoms with Crippen molar-refractivity contribution in [3.05, 3.63) is 139 Å². The van der Waals surface area contributed by atoms with Gasteiger partial charge in [0.2, 0.25) is 11.8 Å². The number of hydrogen-bond donors (Lipinski definition) is 0. The Kier molecular flexibility index (Phi) is 14.5. The topological polar surface area (TPSA) is 56.3 Å². The van der Waals surface area contributed by atoms with Crippen LogP contribution in [0.25, 0.3) is 0 Å². The lowest BCUT2D eigenvalue weighted by atomic mass is 10.0. The number of hydrogen-bond acceptors (Lipinski definition) is 5. The van der Waals surface area contributed by atoms with Crippen LogP contribution in [0.5, 0.6) is 0 Å². The SMILES string of the molecule is O=C(CC(OC(CC(=O)N1CCN(CCc2ccc(Cl)c(Cl)c2)CC1)c1ccccc1)c1ccccc1)N1CCN(CCc2ccc(Cl)c(Cl)c2)CC1. The lowest BCUT2D eigenvalue weighted by Crippen LogP contribution is -2.49. The molecule has 2 heterocycles. The maximum Gasteiger partial charge on any atom is 0.225 e. The second-order valence-electron chi connectivity index (χ2n) is 13.8.